The average molecular weight is 1160 g/mol. The fraction of sp³-hybridized carbons (Fsp3) is 0.848. The van der Waals surface area contributed by atoms with Gasteiger partial charge in [-0.15, -0.1) is 11.8 Å². The van der Waals surface area contributed by atoms with Gasteiger partial charge in [-0.05, 0) is 39.7 Å². The Labute approximate surface area is 353 Å². The number of carbonyl (C=O) groups excluding carboxylic acids is 2. The Morgan fingerprint density at radius 1 is 1.09 bits per heavy atom. The van der Waals surface area contributed by atoms with Gasteiger partial charge < -0.3 is 45.9 Å². The minimum Gasteiger partial charge on any atom is -0.461 e. The number of cyclic esters (lactones) is 1. The molecule has 46 heavy (non-hydrogen) atoms. The van der Waals surface area contributed by atoms with Gasteiger partial charge in [-0.25, -0.2) is 0 Å². The van der Waals surface area contributed by atoms with E-state index in [0.29, 0.717) is 12.8 Å². The maximum Gasteiger partial charge on any atom is 0.281 e. The zero-order chi connectivity index (χ0) is 31.6. The van der Waals surface area contributed by atoms with Gasteiger partial charge in [-0.1, -0.05) is 47.0 Å². The molecule has 2 radical (unpaired) electrons. The van der Waals surface area contributed by atoms with Gasteiger partial charge in [0, 0.05) is 117 Å². The molecule has 0 unspecified atom stereocenters. The van der Waals surface area contributed by atoms with E-state index in [4.69, 9.17) is 28.4 Å². The first kappa shape index (κ1) is 50.4. The molecule has 13 heteroatoms. The molecule has 0 saturated carbocycles. The molecule has 3 aliphatic heterocycles. The smallest absolute Gasteiger partial charge is 0.281 e. The van der Waals surface area contributed by atoms with Gasteiger partial charge in [0.25, 0.3) is 5.97 Å². The van der Waals surface area contributed by atoms with E-state index in [9.17, 15) is 14.7 Å². The van der Waals surface area contributed by atoms with Gasteiger partial charge in [0.05, 0.1) is 17.8 Å². The van der Waals surface area contributed by atoms with E-state index in [-0.39, 0.29) is 152 Å². The molecule has 3 saturated heterocycles. The number of carbonyl (C=O) groups is 2. The summed E-state index contributed by atoms with van der Waals surface area (Å²) in [6.45, 7) is 18.8. The predicted molar refractivity (Wildman–Crippen MR) is 158 cm³/mol. The molecule has 0 aliphatic carbocycles. The summed E-state index contributed by atoms with van der Waals surface area (Å²) < 4.78 is 37.5. The number of aliphatic hydroxyl groups is 1. The third-order valence-electron chi connectivity index (χ3n) is 9.67. The summed E-state index contributed by atoms with van der Waals surface area (Å²) in [5, 5.41) is 11.9. The Morgan fingerprint density at radius 2 is 1.70 bits per heavy atom. The van der Waals surface area contributed by atoms with Crippen LogP contribution < -0.4 is 0 Å². The second kappa shape index (κ2) is 21.1. The number of hydrogen-bond donors (Lipinski definition) is 1. The number of Topliss-reactive ketones (excluding diaryl/α,β-unsaturated/α-hetero) is 1. The fourth-order valence-corrected chi connectivity index (χ4v) is 6.98. The number of methoxy groups -OCH3 is 1. The Bertz CT molecular complexity index is 947. The van der Waals surface area contributed by atoms with E-state index in [0.717, 1.165) is 12.3 Å². The molecule has 0 spiro atoms. The van der Waals surface area contributed by atoms with E-state index < -0.39 is 47.2 Å². The summed E-state index contributed by atoms with van der Waals surface area (Å²) in [6, 6.07) is 0. The molecule has 0 amide bonds. The van der Waals surface area contributed by atoms with Crippen LogP contribution in [0, 0.1) is 73.0 Å². The zero-order valence-electron chi connectivity index (χ0n) is 29.5. The molecule has 1 N–H and O–H groups in total. The van der Waals surface area contributed by atoms with Crippen LogP contribution in [0.25, 0.3) is 0 Å². The molecule has 0 aromatic rings. The van der Waals surface area contributed by atoms with Crippen LogP contribution in [-0.4, -0.2) is 85.2 Å². The van der Waals surface area contributed by atoms with Gasteiger partial charge in [0.2, 0.25) is 0 Å². The second-order valence-corrected chi connectivity index (χ2v) is 13.8. The molecule has 0 aromatic heterocycles. The van der Waals surface area contributed by atoms with Crippen molar-refractivity contribution in [1.82, 2.24) is 0 Å². The molecule has 11 atom stereocenters. The number of hydrogen-bond acceptors (Lipinski definition) is 9. The third kappa shape index (κ3) is 12.2. The van der Waals surface area contributed by atoms with E-state index in [1.165, 1.54) is 0 Å². The monoisotopic (exact) mass is 1160 g/mol. The van der Waals surface area contributed by atoms with Gasteiger partial charge in [0.15, 0.2) is 12.1 Å². The van der Waals surface area contributed by atoms with Crippen LogP contribution in [0.4, 0.5) is 0 Å². The van der Waals surface area contributed by atoms with E-state index in [2.05, 4.69) is 20.3 Å². The van der Waals surface area contributed by atoms with Gasteiger partial charge >= 0.3 is 0 Å². The molecular formula is C33H55O9UVWY-3. The maximum atomic E-state index is 13.7. The third-order valence-corrected chi connectivity index (χ3v) is 9.67. The molecule has 9 nitrogen and oxygen atoms in total. The summed E-state index contributed by atoms with van der Waals surface area (Å²) >= 11 is 0. The van der Waals surface area contributed by atoms with Gasteiger partial charge in [0.1, 0.15) is 24.9 Å². The first-order chi connectivity index (χ1) is 19.5. The Kier molecular flexibility index (Phi) is 23.2. The van der Waals surface area contributed by atoms with Gasteiger partial charge in [-0.2, -0.15) is 19.3 Å². The van der Waals surface area contributed by atoms with E-state index >= 15 is 0 Å². The van der Waals surface area contributed by atoms with E-state index in [1.54, 1.807) is 27.9 Å². The van der Waals surface area contributed by atoms with Crippen LogP contribution >= 0.6 is 0 Å². The molecule has 3 fully saturated rings. The second-order valence-electron chi connectivity index (χ2n) is 13.8. The summed E-state index contributed by atoms with van der Waals surface area (Å²) in [4.78, 5) is 26.9. The zero-order valence-corrected chi connectivity index (χ0v) is 40.9. The molecular weight excluding hydrogens is 1100 g/mol. The summed E-state index contributed by atoms with van der Waals surface area (Å²) in [6.07, 6.45) is 2.21. The first-order valence-electron chi connectivity index (χ1n) is 15.5. The average Bonchev–Trinajstić information content (AvgIpc) is 2.92. The molecule has 3 aliphatic rings. The number of ketones is 1. The largest absolute Gasteiger partial charge is 0.461 e. The van der Waals surface area contributed by atoms with Crippen molar-refractivity contribution in [3.05, 3.63) is 18.8 Å². The van der Waals surface area contributed by atoms with Crippen molar-refractivity contribution in [2.75, 3.05) is 20.3 Å². The van der Waals surface area contributed by atoms with E-state index in [1.807, 2.05) is 41.0 Å². The van der Waals surface area contributed by atoms with Gasteiger partial charge in [-0.3, -0.25) is 16.0 Å². The Morgan fingerprint density at radius 3 is 2.26 bits per heavy atom. The van der Waals surface area contributed by atoms with Crippen LogP contribution in [0.15, 0.2) is 0 Å². The number of fused-ring (bicyclic) bond motifs is 5. The summed E-state index contributed by atoms with van der Waals surface area (Å²) in [5.41, 5.74) is -3.55. The van der Waals surface area contributed by atoms with Crippen LogP contribution in [-0.2, 0) is 110 Å². The number of rotatable bonds is 4. The van der Waals surface area contributed by atoms with Crippen molar-refractivity contribution in [3.8, 4) is 0 Å². The number of esters is 1. The predicted octanol–water partition coefficient (Wildman–Crippen LogP) is 4.67. The summed E-state index contributed by atoms with van der Waals surface area (Å²) in [5.74, 6) is -0.211. The Hall–Kier alpha value is 2.33. The van der Waals surface area contributed by atoms with Crippen molar-refractivity contribution in [3.63, 3.8) is 0 Å². The van der Waals surface area contributed by atoms with Crippen LogP contribution in [0.1, 0.15) is 88.5 Å². The fourth-order valence-electron chi connectivity index (χ4n) is 6.98. The van der Waals surface area contributed by atoms with Crippen molar-refractivity contribution in [2.24, 2.45) is 23.2 Å². The Balaban J connectivity index is 0. The molecule has 3 rings (SSSR count). The maximum absolute atomic E-state index is 13.7. The standard InChI is InChI=1S/C33H55O9.U.V.W.Y/c1-12-26-33(10,36)28-23(6)22(5)19(2)16-32(9,39-18-24(34)17-38-28)27(20(3)15-31(7,8)30(35)41-26)42-29-25(37-11)14-13-21(4)40-29;;;;/h14-15,19-21,23,25-29,36H,12-13,16-18H2,1-11H3;;;;/q-3;;;;/t19-,20+,21-,23+,25-,26-,27-,28-,29+,32-,33-;;;;/m1..../s1. The first-order valence-corrected chi connectivity index (χ1v) is 15.5. The van der Waals surface area contributed by atoms with Crippen LogP contribution in [0.2, 0.25) is 0 Å². The molecule has 3 heterocycles. The SMILES string of the molecule is CC[C@H]1OC(=O)C(C)(C)[CH-][C@H](C)[C@@H](O[C@@H]2O[C@H](C)C[CH-][C@H]2OC)[C@@]2(C)C[C@@H](C)[C-](C)[C@H](C)[C@@H](OCC(=O)CO2)[C@]1(C)O.[U].[V].[W].[Y]. The van der Waals surface area contributed by atoms with Crippen molar-refractivity contribution >= 4 is 11.8 Å². The van der Waals surface area contributed by atoms with Crippen molar-refractivity contribution < 1.29 is 147 Å². The van der Waals surface area contributed by atoms with Crippen molar-refractivity contribution in [2.45, 2.75) is 137 Å². The number of ether oxygens (including phenoxy) is 6. The van der Waals surface area contributed by atoms with Crippen LogP contribution in [0.3, 0.4) is 0 Å². The topological polar surface area (TPSA) is 110 Å². The minimum atomic E-state index is -1.55. The van der Waals surface area contributed by atoms with Crippen LogP contribution in [0.5, 0.6) is 0 Å². The molecule has 0 aromatic carbocycles. The minimum absolute atomic E-state index is 0. The molecule has 262 valence electrons. The molecule has 2 bridgehead atoms. The normalized spacial score (nSPS) is 41.0. The summed E-state index contributed by atoms with van der Waals surface area (Å²) in [7, 11) is 1.63. The van der Waals surface area contributed by atoms with Crippen molar-refractivity contribution in [1.29, 1.82) is 0 Å². The quantitative estimate of drug-likeness (QED) is 0.318.